The first kappa shape index (κ1) is 24.7. The van der Waals surface area contributed by atoms with Crippen molar-refractivity contribution in [1.82, 2.24) is 14.8 Å². The van der Waals surface area contributed by atoms with Crippen LogP contribution in [-0.4, -0.2) is 85.0 Å². The van der Waals surface area contributed by atoms with Crippen molar-refractivity contribution in [3.63, 3.8) is 0 Å². The summed E-state index contributed by atoms with van der Waals surface area (Å²) in [4.78, 5) is 36.9. The zero-order valence-corrected chi connectivity index (χ0v) is 19.8. The highest BCUT2D eigenvalue weighted by Gasteiger charge is 2.36. The maximum absolute atomic E-state index is 13.4. The van der Waals surface area contributed by atoms with Gasteiger partial charge in [0.1, 0.15) is 5.76 Å². The van der Waals surface area contributed by atoms with Gasteiger partial charge in [-0.2, -0.15) is 13.2 Å². The number of amides is 2. The van der Waals surface area contributed by atoms with Gasteiger partial charge in [-0.3, -0.25) is 9.79 Å². The van der Waals surface area contributed by atoms with Crippen LogP contribution in [0.1, 0.15) is 28.2 Å². The number of alkyl halides is 3. The van der Waals surface area contributed by atoms with Crippen molar-refractivity contribution in [2.75, 3.05) is 51.3 Å². The van der Waals surface area contributed by atoms with Gasteiger partial charge in [0, 0.05) is 30.9 Å². The number of carbonyl (C=O) groups is 2. The molecule has 1 fully saturated rings. The van der Waals surface area contributed by atoms with E-state index in [1.807, 2.05) is 0 Å². The quantitative estimate of drug-likeness (QED) is 0.586. The number of hydrogen-bond acceptors (Lipinski definition) is 6. The van der Waals surface area contributed by atoms with Gasteiger partial charge in [-0.1, -0.05) is 11.8 Å². The number of ether oxygens (including phenoxy) is 2. The second kappa shape index (κ2) is 10.2. The first-order valence-corrected chi connectivity index (χ1v) is 11.8. The molecule has 4 heterocycles. The van der Waals surface area contributed by atoms with E-state index in [9.17, 15) is 22.8 Å². The topological polar surface area (TPSA) is 99.3 Å². The number of nitrogens with one attached hydrogen (secondary N) is 2. The van der Waals surface area contributed by atoms with Crippen LogP contribution in [0.2, 0.25) is 0 Å². The Morgan fingerprint density at radius 2 is 2.05 bits per heavy atom. The summed E-state index contributed by atoms with van der Waals surface area (Å²) in [6.07, 6.45) is 2.19. The van der Waals surface area contributed by atoms with E-state index in [0.717, 1.165) is 0 Å². The van der Waals surface area contributed by atoms with E-state index in [-0.39, 0.29) is 30.7 Å². The number of anilines is 1. The highest BCUT2D eigenvalue weighted by atomic mass is 19.4. The van der Waals surface area contributed by atoms with Gasteiger partial charge in [-0.05, 0) is 24.3 Å². The normalized spacial score (nSPS) is 19.3. The van der Waals surface area contributed by atoms with Gasteiger partial charge >= 0.3 is 12.2 Å². The Labute approximate surface area is 210 Å². The summed E-state index contributed by atoms with van der Waals surface area (Å²) in [6, 6.07) is -0.267. The largest absolute Gasteiger partial charge is 0.482 e. The molecule has 5 rings (SSSR count). The molecule has 1 aromatic rings. The Morgan fingerprint density at radius 3 is 2.78 bits per heavy atom. The minimum Gasteiger partial charge on any atom is -0.482 e. The molecule has 2 amide bonds. The number of fused-ring (bicyclic) bond motifs is 1. The SMILES string of the molecule is O=C1CN(C(=O)N2CCOCC2)Cc2[nH]c(C3=C(OCC(F)(F)F)C=NCC3)c(NC3=C=C=CC=C3)c21. The van der Waals surface area contributed by atoms with Crippen LogP contribution in [0.25, 0.3) is 5.57 Å². The number of morpholine rings is 1. The summed E-state index contributed by atoms with van der Waals surface area (Å²) in [5, 5.41) is 3.18. The fourth-order valence-electron chi connectivity index (χ4n) is 4.54. The number of dihydropyridines is 1. The molecule has 4 aliphatic rings. The number of H-pyrrole nitrogens is 1. The summed E-state index contributed by atoms with van der Waals surface area (Å²) in [5.41, 5.74) is 8.38. The zero-order chi connectivity index (χ0) is 26.0. The fraction of sp³-hybridized carbons (Fsp3) is 0.400. The number of carbonyl (C=O) groups excluding carboxylic acids is 2. The molecule has 0 saturated carbocycles. The third kappa shape index (κ3) is 5.41. The number of aliphatic imine (C=N–C) groups is 1. The monoisotopic (exact) mass is 515 g/mol. The molecular weight excluding hydrogens is 491 g/mol. The lowest BCUT2D eigenvalue weighted by molar-refractivity contribution is -0.163. The lowest BCUT2D eigenvalue weighted by Crippen LogP contribution is -2.50. The van der Waals surface area contributed by atoms with Gasteiger partial charge in [0.05, 0.1) is 55.2 Å². The van der Waals surface area contributed by atoms with E-state index in [4.69, 9.17) is 9.47 Å². The number of Topliss-reactive ketones (excluding diaryl/α,β-unsaturated/α-hetero) is 1. The third-order valence-electron chi connectivity index (χ3n) is 6.19. The molecule has 12 heteroatoms. The average molecular weight is 515 g/mol. The summed E-state index contributed by atoms with van der Waals surface area (Å²) in [7, 11) is 0. The molecule has 9 nitrogen and oxygen atoms in total. The minimum absolute atomic E-state index is 0.0254. The maximum atomic E-state index is 13.4. The molecule has 1 aromatic heterocycles. The Hall–Kier alpha value is -3.98. The predicted octanol–water partition coefficient (Wildman–Crippen LogP) is 3.41. The Kier molecular flexibility index (Phi) is 6.80. The second-order valence-electron chi connectivity index (χ2n) is 8.76. The van der Waals surface area contributed by atoms with Gasteiger partial charge in [0.25, 0.3) is 0 Å². The van der Waals surface area contributed by atoms with E-state index in [1.54, 1.807) is 23.1 Å². The van der Waals surface area contributed by atoms with Crippen molar-refractivity contribution < 1.29 is 32.2 Å². The van der Waals surface area contributed by atoms with E-state index in [0.29, 0.717) is 73.2 Å². The van der Waals surface area contributed by atoms with Crippen LogP contribution in [0, 0.1) is 0 Å². The highest BCUT2D eigenvalue weighted by Crippen LogP contribution is 2.38. The van der Waals surface area contributed by atoms with Crippen LogP contribution < -0.4 is 5.32 Å². The average Bonchev–Trinajstić information content (AvgIpc) is 3.26. The van der Waals surface area contributed by atoms with Crippen LogP contribution in [0.5, 0.6) is 0 Å². The van der Waals surface area contributed by atoms with E-state index in [2.05, 4.69) is 26.8 Å². The van der Waals surface area contributed by atoms with Crippen LogP contribution in [0.3, 0.4) is 0 Å². The number of ketones is 1. The maximum Gasteiger partial charge on any atom is 0.422 e. The van der Waals surface area contributed by atoms with Crippen LogP contribution >= 0.6 is 0 Å². The van der Waals surface area contributed by atoms with Crippen LogP contribution in [0.4, 0.5) is 23.7 Å². The molecule has 194 valence electrons. The molecule has 1 aliphatic carbocycles. The van der Waals surface area contributed by atoms with Crippen molar-refractivity contribution in [2.24, 2.45) is 4.99 Å². The van der Waals surface area contributed by atoms with Gasteiger partial charge < -0.3 is 29.6 Å². The number of rotatable bonds is 5. The smallest absolute Gasteiger partial charge is 0.422 e. The molecular formula is C25H24F3N5O4. The number of hydrogen-bond donors (Lipinski definition) is 2. The molecule has 0 spiro atoms. The first-order valence-electron chi connectivity index (χ1n) is 11.8. The van der Waals surface area contributed by atoms with Crippen LogP contribution in [0.15, 0.2) is 46.1 Å². The van der Waals surface area contributed by atoms with E-state index >= 15 is 0 Å². The second-order valence-corrected chi connectivity index (χ2v) is 8.76. The Bertz CT molecular complexity index is 1300. The van der Waals surface area contributed by atoms with E-state index < -0.39 is 12.8 Å². The van der Waals surface area contributed by atoms with Crippen molar-refractivity contribution in [3.8, 4) is 0 Å². The Balaban J connectivity index is 1.54. The third-order valence-corrected chi connectivity index (χ3v) is 6.19. The number of aromatic amines is 1. The molecule has 0 radical (unpaired) electrons. The molecule has 0 aromatic carbocycles. The number of nitrogens with zero attached hydrogens (tertiary/aromatic N) is 3. The van der Waals surface area contributed by atoms with Gasteiger partial charge in [-0.25, -0.2) is 4.79 Å². The summed E-state index contributed by atoms with van der Waals surface area (Å²) < 4.78 is 49.1. The molecule has 0 atom stereocenters. The van der Waals surface area contributed by atoms with Crippen LogP contribution in [-0.2, 0) is 16.0 Å². The van der Waals surface area contributed by atoms with Gasteiger partial charge in [0.15, 0.2) is 12.4 Å². The number of halogens is 3. The molecule has 3 aliphatic heterocycles. The summed E-state index contributed by atoms with van der Waals surface area (Å²) in [5.74, 6) is -0.321. The molecule has 0 unspecified atom stereocenters. The number of urea groups is 1. The Morgan fingerprint density at radius 1 is 1.24 bits per heavy atom. The lowest BCUT2D eigenvalue weighted by Gasteiger charge is -2.34. The van der Waals surface area contributed by atoms with Gasteiger partial charge in [0.2, 0.25) is 0 Å². The van der Waals surface area contributed by atoms with E-state index in [1.165, 1.54) is 11.1 Å². The fourth-order valence-corrected chi connectivity index (χ4v) is 4.54. The van der Waals surface area contributed by atoms with Crippen molar-refractivity contribution in [3.05, 3.63) is 58.1 Å². The number of aromatic nitrogens is 1. The zero-order valence-electron chi connectivity index (χ0n) is 19.8. The minimum atomic E-state index is -4.52. The van der Waals surface area contributed by atoms with Gasteiger partial charge in [-0.15, -0.1) is 0 Å². The van der Waals surface area contributed by atoms with Crippen molar-refractivity contribution in [2.45, 2.75) is 19.1 Å². The highest BCUT2D eigenvalue weighted by molar-refractivity contribution is 6.09. The molecule has 0 bridgehead atoms. The lowest BCUT2D eigenvalue weighted by atomic mass is 9.99. The summed E-state index contributed by atoms with van der Waals surface area (Å²) in [6.45, 7) is 0.619. The molecule has 2 N–H and O–H groups in total. The predicted molar refractivity (Wildman–Crippen MR) is 128 cm³/mol. The van der Waals surface area contributed by atoms with Crippen molar-refractivity contribution in [1.29, 1.82) is 0 Å². The first-order chi connectivity index (χ1) is 17.8. The van der Waals surface area contributed by atoms with Crippen molar-refractivity contribution >= 4 is 29.3 Å². The molecule has 37 heavy (non-hydrogen) atoms. The number of allylic oxidation sites excluding steroid dienone is 4. The standard InChI is InChI=1S/C25H24F3N5O4/c26-25(27,28)15-37-20-12-29-7-6-17(20)22-23(30-16-4-2-1-3-5-16)21-18(31-22)13-33(14-19(21)34)24(35)32-8-10-36-11-9-32/h1-2,4,12,30-31H,6-11,13-15H2. The molecule has 1 saturated heterocycles. The summed E-state index contributed by atoms with van der Waals surface area (Å²) >= 11 is 0.